The topological polar surface area (TPSA) is 75.6 Å². The van der Waals surface area contributed by atoms with Gasteiger partial charge in [0.2, 0.25) is 0 Å². The maximum atomic E-state index is 12.7. The van der Waals surface area contributed by atoms with E-state index in [4.69, 9.17) is 4.98 Å². The van der Waals surface area contributed by atoms with E-state index in [0.29, 0.717) is 34.3 Å². The zero-order chi connectivity index (χ0) is 18.6. The van der Waals surface area contributed by atoms with Crippen LogP contribution in [0.3, 0.4) is 0 Å². The van der Waals surface area contributed by atoms with E-state index in [-0.39, 0.29) is 5.56 Å². The van der Waals surface area contributed by atoms with E-state index < -0.39 is 0 Å². The maximum Gasteiger partial charge on any atom is 0.263 e. The highest BCUT2D eigenvalue weighted by molar-refractivity contribution is 7.98. The summed E-state index contributed by atoms with van der Waals surface area (Å²) in [5, 5.41) is 9.50. The number of para-hydroxylation sites is 1. The van der Waals surface area contributed by atoms with Crippen molar-refractivity contribution in [3.05, 3.63) is 46.5 Å². The predicted molar refractivity (Wildman–Crippen MR) is 110 cm³/mol. The van der Waals surface area contributed by atoms with E-state index in [2.05, 4.69) is 15.4 Å². The Hall–Kier alpha value is -2.12. The number of hydrogen-bond acceptors (Lipinski definition) is 5. The molecule has 1 fully saturated rings. The van der Waals surface area contributed by atoms with Gasteiger partial charge in [0.05, 0.1) is 5.69 Å². The summed E-state index contributed by atoms with van der Waals surface area (Å²) < 4.78 is 1.77. The first-order valence-corrected chi connectivity index (χ1v) is 10.8. The van der Waals surface area contributed by atoms with Crippen LogP contribution in [0, 0.1) is 0 Å². The first-order chi connectivity index (χ1) is 13.3. The van der Waals surface area contributed by atoms with E-state index in [1.807, 2.05) is 36.6 Å². The van der Waals surface area contributed by atoms with Crippen molar-refractivity contribution in [1.82, 2.24) is 25.1 Å². The van der Waals surface area contributed by atoms with Crippen LogP contribution in [0.25, 0.3) is 16.7 Å². The monoisotopic (exact) mass is 383 g/mol. The molecule has 1 aliphatic rings. The van der Waals surface area contributed by atoms with Gasteiger partial charge in [-0.1, -0.05) is 37.5 Å². The number of aromatic amines is 1. The summed E-state index contributed by atoms with van der Waals surface area (Å²) in [6.45, 7) is 0.827. The summed E-state index contributed by atoms with van der Waals surface area (Å²) in [4.78, 5) is 20.4. The second-order valence-corrected chi connectivity index (χ2v) is 7.80. The molecule has 0 atom stereocenters. The van der Waals surface area contributed by atoms with E-state index >= 15 is 0 Å². The average Bonchev–Trinajstić information content (AvgIpc) is 3.09. The molecule has 1 aromatic carbocycles. The molecule has 0 spiro atoms. The van der Waals surface area contributed by atoms with Gasteiger partial charge in [0.1, 0.15) is 16.2 Å². The van der Waals surface area contributed by atoms with Crippen LogP contribution in [0.15, 0.2) is 40.2 Å². The summed E-state index contributed by atoms with van der Waals surface area (Å²) in [5.74, 6) is 0.709. The lowest BCUT2D eigenvalue weighted by atomic mass is 9.95. The number of nitrogens with zero attached hydrogens (tertiary/aromatic N) is 3. The van der Waals surface area contributed by atoms with Crippen molar-refractivity contribution in [2.75, 3.05) is 12.8 Å². The zero-order valence-electron chi connectivity index (χ0n) is 15.6. The molecule has 2 aromatic heterocycles. The quantitative estimate of drug-likeness (QED) is 0.639. The minimum absolute atomic E-state index is 0.112. The Kier molecular flexibility index (Phi) is 5.59. The number of fused-ring (bicyclic) bond motifs is 1. The lowest BCUT2D eigenvalue weighted by molar-refractivity contribution is 0.374. The van der Waals surface area contributed by atoms with Crippen LogP contribution in [0.5, 0.6) is 0 Å². The molecule has 0 amide bonds. The third-order valence-electron chi connectivity index (χ3n) is 5.15. The summed E-state index contributed by atoms with van der Waals surface area (Å²) in [6, 6.07) is 10.4. The standard InChI is InChI=1S/C20H25N5OS/c1-27-20-17-18(25(24-20)15-10-6-3-7-11-15)22-16(23-19(17)26)12-13-21-14-8-4-2-5-9-14/h3,6-7,10-11,14,21H,2,4-5,8-9,12-13H2,1H3,(H,22,23,26). The highest BCUT2D eigenvalue weighted by Crippen LogP contribution is 2.24. The molecule has 6 nitrogen and oxygen atoms in total. The Morgan fingerprint density at radius 3 is 2.74 bits per heavy atom. The average molecular weight is 384 g/mol. The van der Waals surface area contributed by atoms with Crippen molar-refractivity contribution in [2.24, 2.45) is 0 Å². The molecule has 7 heteroatoms. The van der Waals surface area contributed by atoms with Gasteiger partial charge in [-0.3, -0.25) is 4.79 Å². The lowest BCUT2D eigenvalue weighted by Crippen LogP contribution is -2.33. The van der Waals surface area contributed by atoms with E-state index in [9.17, 15) is 4.79 Å². The van der Waals surface area contributed by atoms with E-state index in [1.54, 1.807) is 4.68 Å². The number of rotatable bonds is 6. The molecule has 2 heterocycles. The van der Waals surface area contributed by atoms with E-state index in [0.717, 1.165) is 12.2 Å². The SMILES string of the molecule is CSc1nn(-c2ccccc2)c2nc(CCNC3CCCCC3)[nH]c(=O)c12. The Bertz CT molecular complexity index is 960. The summed E-state index contributed by atoms with van der Waals surface area (Å²) in [7, 11) is 0. The van der Waals surface area contributed by atoms with Gasteiger partial charge in [-0.2, -0.15) is 5.10 Å². The van der Waals surface area contributed by atoms with Crippen molar-refractivity contribution in [1.29, 1.82) is 0 Å². The number of benzene rings is 1. The van der Waals surface area contributed by atoms with Crippen LogP contribution in [-0.4, -0.2) is 38.6 Å². The molecule has 0 bridgehead atoms. The Balaban J connectivity index is 1.62. The van der Waals surface area contributed by atoms with Crippen molar-refractivity contribution >= 4 is 22.8 Å². The first-order valence-electron chi connectivity index (χ1n) is 9.61. The number of thioether (sulfide) groups is 1. The fourth-order valence-corrected chi connectivity index (χ4v) is 4.30. The molecule has 1 saturated carbocycles. The Morgan fingerprint density at radius 1 is 1.22 bits per heavy atom. The summed E-state index contributed by atoms with van der Waals surface area (Å²) in [5.41, 5.74) is 1.42. The number of nitrogens with one attached hydrogen (secondary N) is 2. The normalized spacial score (nSPS) is 15.4. The predicted octanol–water partition coefficient (Wildman–Crippen LogP) is 3.30. The molecule has 0 aliphatic heterocycles. The molecular formula is C20H25N5OS. The van der Waals surface area contributed by atoms with E-state index in [1.165, 1.54) is 43.9 Å². The maximum absolute atomic E-state index is 12.7. The fraction of sp³-hybridized carbons (Fsp3) is 0.450. The Morgan fingerprint density at radius 2 is 2.00 bits per heavy atom. The molecule has 27 heavy (non-hydrogen) atoms. The van der Waals surface area contributed by atoms with Crippen LogP contribution in [0.2, 0.25) is 0 Å². The van der Waals surface area contributed by atoms with Crippen molar-refractivity contribution in [2.45, 2.75) is 49.6 Å². The molecule has 2 N–H and O–H groups in total. The van der Waals surface area contributed by atoms with Gasteiger partial charge in [-0.25, -0.2) is 9.67 Å². The minimum atomic E-state index is -0.112. The summed E-state index contributed by atoms with van der Waals surface area (Å²) in [6.07, 6.45) is 9.11. The number of hydrogen-bond donors (Lipinski definition) is 2. The molecule has 1 aliphatic carbocycles. The molecule has 0 unspecified atom stereocenters. The van der Waals surface area contributed by atoms with Crippen LogP contribution < -0.4 is 10.9 Å². The van der Waals surface area contributed by atoms with Crippen LogP contribution >= 0.6 is 11.8 Å². The van der Waals surface area contributed by atoms with Crippen molar-refractivity contribution in [3.8, 4) is 5.69 Å². The third-order valence-corrected chi connectivity index (χ3v) is 5.82. The second kappa shape index (κ2) is 8.27. The molecular weight excluding hydrogens is 358 g/mol. The lowest BCUT2D eigenvalue weighted by Gasteiger charge is -2.22. The van der Waals surface area contributed by atoms with Crippen molar-refractivity contribution < 1.29 is 0 Å². The molecule has 3 aromatic rings. The van der Waals surface area contributed by atoms with Gasteiger partial charge in [0.15, 0.2) is 5.65 Å². The van der Waals surface area contributed by atoms with Gasteiger partial charge in [-0.15, -0.1) is 11.8 Å². The molecule has 0 radical (unpaired) electrons. The minimum Gasteiger partial charge on any atom is -0.314 e. The zero-order valence-corrected chi connectivity index (χ0v) is 16.4. The third kappa shape index (κ3) is 3.94. The highest BCUT2D eigenvalue weighted by atomic mass is 32.2. The van der Waals surface area contributed by atoms with Crippen LogP contribution in [0.4, 0.5) is 0 Å². The van der Waals surface area contributed by atoms with Gasteiger partial charge < -0.3 is 10.3 Å². The Labute approximate surface area is 162 Å². The van der Waals surface area contributed by atoms with Gasteiger partial charge in [-0.05, 0) is 31.2 Å². The molecule has 4 rings (SSSR count). The first kappa shape index (κ1) is 18.3. The molecule has 0 saturated heterocycles. The molecule has 142 valence electrons. The second-order valence-electron chi connectivity index (χ2n) is 7.01. The largest absolute Gasteiger partial charge is 0.314 e. The van der Waals surface area contributed by atoms with Crippen LogP contribution in [0.1, 0.15) is 37.9 Å². The smallest absolute Gasteiger partial charge is 0.263 e. The van der Waals surface area contributed by atoms with Gasteiger partial charge >= 0.3 is 0 Å². The van der Waals surface area contributed by atoms with Gasteiger partial charge in [0.25, 0.3) is 5.56 Å². The van der Waals surface area contributed by atoms with Gasteiger partial charge in [0, 0.05) is 19.0 Å². The van der Waals surface area contributed by atoms with Crippen molar-refractivity contribution in [3.63, 3.8) is 0 Å². The fourth-order valence-electron chi connectivity index (χ4n) is 3.75. The van der Waals surface area contributed by atoms with Crippen LogP contribution in [-0.2, 0) is 6.42 Å². The number of aromatic nitrogens is 4. The summed E-state index contributed by atoms with van der Waals surface area (Å²) >= 11 is 1.47. The highest BCUT2D eigenvalue weighted by Gasteiger charge is 2.18. The number of H-pyrrole nitrogens is 1.